The number of carbonyl (C=O) groups excluding carboxylic acids is 2. The first kappa shape index (κ1) is 19.6. The number of hydrogen-bond acceptors (Lipinski definition) is 5. The summed E-state index contributed by atoms with van der Waals surface area (Å²) in [6.45, 7) is 3.52. The van der Waals surface area contributed by atoms with Crippen LogP contribution in [0.25, 0.3) is 0 Å². The molecular formula is C16H19F3N4O3S. The van der Waals surface area contributed by atoms with E-state index < -0.39 is 30.2 Å². The first-order chi connectivity index (χ1) is 12.6. The van der Waals surface area contributed by atoms with Crippen LogP contribution >= 0.6 is 11.8 Å². The number of hydrogen-bond donors (Lipinski definition) is 2. The Labute approximate surface area is 157 Å². The molecule has 2 amide bonds. The van der Waals surface area contributed by atoms with Crippen molar-refractivity contribution in [2.45, 2.75) is 44.7 Å². The minimum absolute atomic E-state index is 0.0314. The third-order valence-corrected chi connectivity index (χ3v) is 5.93. The second kappa shape index (κ2) is 7.10. The van der Waals surface area contributed by atoms with Gasteiger partial charge in [0.25, 0.3) is 0 Å². The number of nitrogens with two attached hydrogens (primary N) is 1. The molecule has 0 radical (unpaired) electrons. The van der Waals surface area contributed by atoms with Gasteiger partial charge in [0.05, 0.1) is 17.2 Å². The second-order valence-electron chi connectivity index (χ2n) is 6.51. The Bertz CT molecular complexity index is 819. The van der Waals surface area contributed by atoms with Gasteiger partial charge in [-0.1, -0.05) is 13.8 Å². The molecule has 3 rings (SSSR count). The lowest BCUT2D eigenvalue weighted by molar-refractivity contribution is -0.142. The average molecular weight is 404 g/mol. The van der Waals surface area contributed by atoms with Gasteiger partial charge in [-0.15, -0.1) is 11.8 Å². The van der Waals surface area contributed by atoms with Crippen LogP contribution in [0.1, 0.15) is 31.5 Å². The number of alkyl halides is 3. The van der Waals surface area contributed by atoms with Crippen molar-refractivity contribution in [2.75, 3.05) is 6.61 Å². The Morgan fingerprint density at radius 1 is 1.41 bits per heavy atom. The number of thioether (sulfide) groups is 1. The molecule has 0 aliphatic carbocycles. The Morgan fingerprint density at radius 3 is 2.74 bits per heavy atom. The van der Waals surface area contributed by atoms with Gasteiger partial charge >= 0.3 is 6.18 Å². The average Bonchev–Trinajstić information content (AvgIpc) is 3.06. The number of aromatic nitrogens is 2. The van der Waals surface area contributed by atoms with Crippen molar-refractivity contribution < 1.29 is 27.5 Å². The van der Waals surface area contributed by atoms with E-state index in [9.17, 15) is 22.8 Å². The highest BCUT2D eigenvalue weighted by Crippen LogP contribution is 2.40. The Kier molecular flexibility index (Phi) is 5.15. The molecule has 1 aromatic heterocycles. The number of carbonyl (C=O) groups is 2. The van der Waals surface area contributed by atoms with E-state index in [2.05, 4.69) is 10.4 Å². The minimum Gasteiger partial charge on any atom is -0.478 e. The number of halogens is 3. The molecule has 0 spiro atoms. The summed E-state index contributed by atoms with van der Waals surface area (Å²) in [4.78, 5) is 24.0. The molecule has 2 aliphatic rings. The summed E-state index contributed by atoms with van der Waals surface area (Å²) in [7, 11) is 0. The molecule has 2 atom stereocenters. The van der Waals surface area contributed by atoms with Crippen molar-refractivity contribution in [3.05, 3.63) is 21.9 Å². The summed E-state index contributed by atoms with van der Waals surface area (Å²) in [5, 5.41) is 6.51. The lowest BCUT2D eigenvalue weighted by Crippen LogP contribution is -2.29. The SMILES string of the molecule is CC1SC(NC(=O)Cn2nc(C(F)(F)F)c3c2OCCC3)=C(C(N)=O)C1C. The molecule has 0 aromatic carbocycles. The molecular weight excluding hydrogens is 385 g/mol. The predicted octanol–water partition coefficient (Wildman–Crippen LogP) is 1.81. The zero-order chi connectivity index (χ0) is 19.9. The molecule has 7 nitrogen and oxygen atoms in total. The van der Waals surface area contributed by atoms with Gasteiger partial charge in [0.1, 0.15) is 6.54 Å². The summed E-state index contributed by atoms with van der Waals surface area (Å²) >= 11 is 1.29. The quantitative estimate of drug-likeness (QED) is 0.798. The molecule has 0 bridgehead atoms. The van der Waals surface area contributed by atoms with E-state index in [0.717, 1.165) is 4.68 Å². The summed E-state index contributed by atoms with van der Waals surface area (Å²) in [5.41, 5.74) is 4.64. The summed E-state index contributed by atoms with van der Waals surface area (Å²) in [5.74, 6) is -1.41. The first-order valence-electron chi connectivity index (χ1n) is 8.39. The fourth-order valence-electron chi connectivity index (χ4n) is 3.15. The number of nitrogens with zero attached hydrogens (tertiary/aromatic N) is 2. The number of amides is 2. The number of primary amides is 1. The highest BCUT2D eigenvalue weighted by molar-refractivity contribution is 8.04. The molecule has 148 valence electrons. The van der Waals surface area contributed by atoms with Crippen LogP contribution in [0.2, 0.25) is 0 Å². The van der Waals surface area contributed by atoms with Crippen molar-refractivity contribution in [2.24, 2.45) is 11.7 Å². The zero-order valence-electron chi connectivity index (χ0n) is 14.7. The smallest absolute Gasteiger partial charge is 0.435 e. The number of ether oxygens (including phenoxy) is 1. The van der Waals surface area contributed by atoms with Gasteiger partial charge in [0, 0.05) is 16.7 Å². The molecule has 2 unspecified atom stereocenters. The molecule has 3 heterocycles. The largest absolute Gasteiger partial charge is 0.478 e. The monoisotopic (exact) mass is 404 g/mol. The van der Waals surface area contributed by atoms with E-state index in [1.165, 1.54) is 11.8 Å². The third kappa shape index (κ3) is 3.78. The van der Waals surface area contributed by atoms with Crippen LogP contribution in [0.4, 0.5) is 13.2 Å². The Morgan fingerprint density at radius 2 is 2.11 bits per heavy atom. The van der Waals surface area contributed by atoms with Crippen molar-refractivity contribution >= 4 is 23.6 Å². The lowest BCUT2D eigenvalue weighted by Gasteiger charge is -2.16. The predicted molar refractivity (Wildman–Crippen MR) is 91.6 cm³/mol. The summed E-state index contributed by atoms with van der Waals surface area (Å²) in [6.07, 6.45) is -3.98. The van der Waals surface area contributed by atoms with E-state index in [1.54, 1.807) is 0 Å². The normalized spacial score (nSPS) is 22.4. The molecule has 27 heavy (non-hydrogen) atoms. The fraction of sp³-hybridized carbons (Fsp3) is 0.562. The highest BCUT2D eigenvalue weighted by Gasteiger charge is 2.41. The molecule has 0 saturated carbocycles. The van der Waals surface area contributed by atoms with E-state index >= 15 is 0 Å². The Hall–Kier alpha value is -2.17. The molecule has 0 saturated heterocycles. The van der Waals surface area contributed by atoms with Crippen molar-refractivity contribution in [1.82, 2.24) is 15.1 Å². The topological polar surface area (TPSA) is 99.2 Å². The summed E-state index contributed by atoms with van der Waals surface area (Å²) in [6, 6.07) is 0. The van der Waals surface area contributed by atoms with Gasteiger partial charge in [-0.3, -0.25) is 9.59 Å². The minimum atomic E-state index is -4.62. The van der Waals surface area contributed by atoms with Gasteiger partial charge in [0.2, 0.25) is 17.7 Å². The van der Waals surface area contributed by atoms with Crippen LogP contribution in [0.3, 0.4) is 0 Å². The van der Waals surface area contributed by atoms with Crippen LogP contribution in [-0.2, 0) is 28.7 Å². The number of nitrogens with one attached hydrogen (secondary N) is 1. The molecule has 2 aliphatic heterocycles. The van der Waals surface area contributed by atoms with Crippen molar-refractivity contribution in [1.29, 1.82) is 0 Å². The number of rotatable bonds is 4. The van der Waals surface area contributed by atoms with Crippen LogP contribution in [0, 0.1) is 5.92 Å². The third-order valence-electron chi connectivity index (χ3n) is 4.60. The maximum Gasteiger partial charge on any atom is 0.435 e. The first-order valence-corrected chi connectivity index (χ1v) is 9.27. The molecule has 0 fully saturated rings. The van der Waals surface area contributed by atoms with Gasteiger partial charge in [0.15, 0.2) is 5.69 Å². The maximum atomic E-state index is 13.2. The van der Waals surface area contributed by atoms with Crippen LogP contribution in [0.5, 0.6) is 5.88 Å². The van der Waals surface area contributed by atoms with Crippen molar-refractivity contribution in [3.63, 3.8) is 0 Å². The second-order valence-corrected chi connectivity index (χ2v) is 7.89. The standard InChI is InChI=1S/C16H19F3N4O3S/c1-7-8(2)27-14(11(7)13(20)25)21-10(24)6-23-15-9(4-3-5-26-15)12(22-23)16(17,18)19/h7-8H,3-6H2,1-2H3,(H2,20,25)(H,21,24). The summed E-state index contributed by atoms with van der Waals surface area (Å²) < 4.78 is 45.8. The van der Waals surface area contributed by atoms with Gasteiger partial charge in [-0.05, 0) is 12.8 Å². The van der Waals surface area contributed by atoms with E-state index in [1.807, 2.05) is 13.8 Å². The van der Waals surface area contributed by atoms with Gasteiger partial charge < -0.3 is 15.8 Å². The lowest BCUT2D eigenvalue weighted by atomic mass is 9.99. The zero-order valence-corrected chi connectivity index (χ0v) is 15.5. The Balaban J connectivity index is 1.83. The van der Waals surface area contributed by atoms with Crippen LogP contribution < -0.4 is 15.8 Å². The fourth-order valence-corrected chi connectivity index (χ4v) is 4.45. The van der Waals surface area contributed by atoms with Crippen LogP contribution in [-0.4, -0.2) is 33.5 Å². The molecule has 3 N–H and O–H groups in total. The van der Waals surface area contributed by atoms with Gasteiger partial charge in [-0.2, -0.15) is 18.3 Å². The van der Waals surface area contributed by atoms with Crippen molar-refractivity contribution in [3.8, 4) is 5.88 Å². The van der Waals surface area contributed by atoms with E-state index in [-0.39, 0.29) is 35.6 Å². The van der Waals surface area contributed by atoms with E-state index in [4.69, 9.17) is 10.5 Å². The number of fused-ring (bicyclic) bond motifs is 1. The maximum absolute atomic E-state index is 13.2. The molecule has 11 heteroatoms. The highest BCUT2D eigenvalue weighted by atomic mass is 32.2. The van der Waals surface area contributed by atoms with Crippen LogP contribution in [0.15, 0.2) is 10.6 Å². The van der Waals surface area contributed by atoms with Gasteiger partial charge in [-0.25, -0.2) is 4.68 Å². The molecule has 1 aromatic rings. The van der Waals surface area contributed by atoms with E-state index in [0.29, 0.717) is 17.0 Å².